The highest BCUT2D eigenvalue weighted by Crippen LogP contribution is 2.32. The second kappa shape index (κ2) is 5.28. The van der Waals surface area contributed by atoms with Crippen LogP contribution >= 0.6 is 0 Å². The molecule has 4 rings (SSSR count). The van der Waals surface area contributed by atoms with E-state index in [1.165, 1.54) is 0 Å². The molecule has 3 aromatic rings. The van der Waals surface area contributed by atoms with Crippen LogP contribution in [0.5, 0.6) is 5.75 Å². The van der Waals surface area contributed by atoms with Gasteiger partial charge in [-0.1, -0.05) is 0 Å². The normalized spacial score (nSPS) is 18.4. The Labute approximate surface area is 127 Å². The van der Waals surface area contributed by atoms with Crippen molar-refractivity contribution in [1.82, 2.24) is 20.3 Å². The smallest absolute Gasteiger partial charge is 0.142 e. The van der Waals surface area contributed by atoms with Gasteiger partial charge in [-0.05, 0) is 31.5 Å². The molecule has 2 N–H and O–H groups in total. The van der Waals surface area contributed by atoms with E-state index in [2.05, 4.69) is 26.3 Å². The van der Waals surface area contributed by atoms with Crippen LogP contribution in [0.2, 0.25) is 0 Å². The Bertz CT molecular complexity index is 873. The Morgan fingerprint density at radius 1 is 1.36 bits per heavy atom. The number of rotatable bonds is 2. The minimum Gasteiger partial charge on any atom is -0.488 e. The van der Waals surface area contributed by atoms with E-state index in [1.54, 1.807) is 18.5 Å². The molecule has 0 bridgehead atoms. The molecule has 4 heterocycles. The first-order valence-corrected chi connectivity index (χ1v) is 7.39. The number of fused-ring (bicyclic) bond motifs is 3. The Kier molecular flexibility index (Phi) is 3.13. The van der Waals surface area contributed by atoms with Crippen molar-refractivity contribution in [2.45, 2.75) is 18.9 Å². The van der Waals surface area contributed by atoms with Crippen molar-refractivity contribution in [3.8, 4) is 11.8 Å². The summed E-state index contributed by atoms with van der Waals surface area (Å²) in [5, 5.41) is 14.3. The van der Waals surface area contributed by atoms with Crippen LogP contribution in [0.1, 0.15) is 18.5 Å². The molecule has 0 aliphatic carbocycles. The number of hydrogen-bond donors (Lipinski definition) is 2. The average Bonchev–Trinajstić information content (AvgIpc) is 2.94. The summed E-state index contributed by atoms with van der Waals surface area (Å²) in [6.07, 6.45) is 5.74. The monoisotopic (exact) mass is 293 g/mol. The highest BCUT2D eigenvalue weighted by atomic mass is 16.5. The highest BCUT2D eigenvalue weighted by molar-refractivity contribution is 6.09. The second-order valence-corrected chi connectivity index (χ2v) is 5.47. The zero-order valence-corrected chi connectivity index (χ0v) is 12.0. The van der Waals surface area contributed by atoms with Crippen LogP contribution in [0.3, 0.4) is 0 Å². The molecule has 0 radical (unpaired) electrons. The molecule has 3 aromatic heterocycles. The molecular formula is C16H15N5O. The van der Waals surface area contributed by atoms with Crippen molar-refractivity contribution < 1.29 is 4.74 Å². The predicted octanol–water partition coefficient (Wildman–Crippen LogP) is 2.11. The van der Waals surface area contributed by atoms with Gasteiger partial charge in [0.2, 0.25) is 0 Å². The van der Waals surface area contributed by atoms with E-state index in [9.17, 15) is 0 Å². The van der Waals surface area contributed by atoms with Gasteiger partial charge in [0.25, 0.3) is 0 Å². The first-order chi connectivity index (χ1) is 10.8. The number of ether oxygens (including phenoxy) is 1. The van der Waals surface area contributed by atoms with Crippen molar-refractivity contribution in [3.05, 3.63) is 30.2 Å². The molecule has 0 saturated carbocycles. The van der Waals surface area contributed by atoms with Crippen LogP contribution in [0, 0.1) is 11.3 Å². The number of hydrogen-bond acceptors (Lipinski definition) is 5. The first-order valence-electron chi connectivity index (χ1n) is 7.39. The van der Waals surface area contributed by atoms with Crippen LogP contribution in [0.15, 0.2) is 24.5 Å². The number of nitrogens with zero attached hydrogens (tertiary/aromatic N) is 3. The lowest BCUT2D eigenvalue weighted by Crippen LogP contribution is -2.37. The van der Waals surface area contributed by atoms with Gasteiger partial charge in [0.15, 0.2) is 0 Å². The third kappa shape index (κ3) is 2.16. The molecule has 1 aliphatic rings. The van der Waals surface area contributed by atoms with E-state index < -0.39 is 0 Å². The van der Waals surface area contributed by atoms with Crippen LogP contribution in [0.25, 0.3) is 21.9 Å². The quantitative estimate of drug-likeness (QED) is 0.755. The number of nitriles is 1. The van der Waals surface area contributed by atoms with E-state index >= 15 is 0 Å². The lowest BCUT2D eigenvalue weighted by atomic mass is 10.1. The predicted molar refractivity (Wildman–Crippen MR) is 82.6 cm³/mol. The maximum atomic E-state index is 9.06. The number of pyridine rings is 2. The molecular weight excluding hydrogens is 278 g/mol. The van der Waals surface area contributed by atoms with Crippen molar-refractivity contribution in [2.24, 2.45) is 0 Å². The van der Waals surface area contributed by atoms with Crippen LogP contribution < -0.4 is 10.1 Å². The lowest BCUT2D eigenvalue weighted by Gasteiger charge is -2.24. The Hall–Kier alpha value is -2.65. The second-order valence-electron chi connectivity index (χ2n) is 5.47. The first kappa shape index (κ1) is 13.0. The van der Waals surface area contributed by atoms with Gasteiger partial charge in [-0.3, -0.25) is 0 Å². The standard InChI is InChI=1S/C16H15N5O/c17-7-10-6-12-13(9-20-10)21-16-15(12)14(3-5-19-16)22-11-2-1-4-18-8-11/h3,5-6,9,11,18H,1-2,4,8H2,(H,19,21)/t11-/m1/s1. The summed E-state index contributed by atoms with van der Waals surface area (Å²) in [6, 6.07) is 5.74. The van der Waals surface area contributed by atoms with Gasteiger partial charge in [-0.2, -0.15) is 5.26 Å². The van der Waals surface area contributed by atoms with Crippen LogP contribution in [0.4, 0.5) is 0 Å². The molecule has 110 valence electrons. The fourth-order valence-electron chi connectivity index (χ4n) is 2.95. The summed E-state index contributed by atoms with van der Waals surface area (Å²) in [5.74, 6) is 0.806. The van der Waals surface area contributed by atoms with Crippen molar-refractivity contribution >= 4 is 21.9 Å². The SMILES string of the molecule is N#Cc1cc2c(cn1)[nH]c1nccc(O[C@@H]3CCCNC3)c12. The Morgan fingerprint density at radius 3 is 3.14 bits per heavy atom. The summed E-state index contributed by atoms with van der Waals surface area (Å²) in [4.78, 5) is 11.7. The van der Waals surface area contributed by atoms with Gasteiger partial charge in [0.05, 0.1) is 17.1 Å². The van der Waals surface area contributed by atoms with Crippen LogP contribution in [-0.4, -0.2) is 34.1 Å². The van der Waals surface area contributed by atoms with E-state index in [0.29, 0.717) is 5.69 Å². The molecule has 1 saturated heterocycles. The Morgan fingerprint density at radius 2 is 2.32 bits per heavy atom. The van der Waals surface area contributed by atoms with Gasteiger partial charge >= 0.3 is 0 Å². The van der Waals surface area contributed by atoms with Gasteiger partial charge in [0.1, 0.15) is 29.3 Å². The van der Waals surface area contributed by atoms with Crippen molar-refractivity contribution in [2.75, 3.05) is 13.1 Å². The largest absolute Gasteiger partial charge is 0.488 e. The fraction of sp³-hybridized carbons (Fsp3) is 0.312. The third-order valence-electron chi connectivity index (χ3n) is 4.00. The molecule has 1 aliphatic heterocycles. The fourth-order valence-corrected chi connectivity index (χ4v) is 2.95. The minimum atomic E-state index is 0.168. The zero-order chi connectivity index (χ0) is 14.9. The molecule has 0 spiro atoms. The molecule has 1 fully saturated rings. The molecule has 0 aromatic carbocycles. The van der Waals surface area contributed by atoms with Gasteiger partial charge in [0, 0.05) is 18.1 Å². The molecule has 0 amide bonds. The summed E-state index contributed by atoms with van der Waals surface area (Å²) < 4.78 is 6.18. The highest BCUT2D eigenvalue weighted by Gasteiger charge is 2.18. The third-order valence-corrected chi connectivity index (χ3v) is 4.00. The molecule has 1 atom stereocenters. The average molecular weight is 293 g/mol. The topological polar surface area (TPSA) is 86.6 Å². The van der Waals surface area contributed by atoms with Gasteiger partial charge in [-0.25, -0.2) is 9.97 Å². The zero-order valence-electron chi connectivity index (χ0n) is 12.0. The van der Waals surface area contributed by atoms with Gasteiger partial charge in [-0.15, -0.1) is 0 Å². The van der Waals surface area contributed by atoms with E-state index in [1.807, 2.05) is 6.07 Å². The molecule has 22 heavy (non-hydrogen) atoms. The molecule has 6 nitrogen and oxygen atoms in total. The van der Waals surface area contributed by atoms with E-state index in [-0.39, 0.29) is 6.10 Å². The summed E-state index contributed by atoms with van der Waals surface area (Å²) in [7, 11) is 0. The maximum absolute atomic E-state index is 9.06. The van der Waals surface area contributed by atoms with E-state index in [0.717, 1.165) is 53.6 Å². The van der Waals surface area contributed by atoms with Crippen molar-refractivity contribution in [3.63, 3.8) is 0 Å². The molecule has 0 unspecified atom stereocenters. The van der Waals surface area contributed by atoms with Gasteiger partial charge < -0.3 is 15.0 Å². The molecule has 6 heteroatoms. The minimum absolute atomic E-state index is 0.168. The van der Waals surface area contributed by atoms with E-state index in [4.69, 9.17) is 10.00 Å². The summed E-state index contributed by atoms with van der Waals surface area (Å²) in [6.45, 7) is 1.91. The maximum Gasteiger partial charge on any atom is 0.142 e. The number of nitrogens with one attached hydrogen (secondary N) is 2. The number of H-pyrrole nitrogens is 1. The van der Waals surface area contributed by atoms with Crippen LogP contribution in [-0.2, 0) is 0 Å². The number of aromatic nitrogens is 3. The number of piperidine rings is 1. The lowest BCUT2D eigenvalue weighted by molar-refractivity contribution is 0.169. The summed E-state index contributed by atoms with van der Waals surface area (Å²) in [5.41, 5.74) is 2.01. The Balaban J connectivity index is 1.85. The number of aromatic amines is 1. The summed E-state index contributed by atoms with van der Waals surface area (Å²) >= 11 is 0. The van der Waals surface area contributed by atoms with Crippen molar-refractivity contribution in [1.29, 1.82) is 5.26 Å².